The van der Waals surface area contributed by atoms with Crippen LogP contribution in [0.15, 0.2) is 16.6 Å². The van der Waals surface area contributed by atoms with Crippen molar-refractivity contribution in [1.82, 2.24) is 0 Å². The van der Waals surface area contributed by atoms with Crippen LogP contribution in [0.5, 0.6) is 5.75 Å². The van der Waals surface area contributed by atoms with Gasteiger partial charge >= 0.3 is 0 Å². The van der Waals surface area contributed by atoms with Gasteiger partial charge in [-0.1, -0.05) is 0 Å². The van der Waals surface area contributed by atoms with Crippen LogP contribution in [0.1, 0.15) is 19.3 Å². The summed E-state index contributed by atoms with van der Waals surface area (Å²) in [5.41, 5.74) is 5.94. The summed E-state index contributed by atoms with van der Waals surface area (Å²) in [5, 5.41) is 0. The van der Waals surface area contributed by atoms with Gasteiger partial charge < -0.3 is 10.5 Å². The van der Waals surface area contributed by atoms with Crippen LogP contribution in [0.3, 0.4) is 0 Å². The number of halogens is 4. The van der Waals surface area contributed by atoms with Crippen molar-refractivity contribution >= 4 is 21.6 Å². The maximum absolute atomic E-state index is 13.3. The van der Waals surface area contributed by atoms with Gasteiger partial charge in [0.1, 0.15) is 11.6 Å². The summed E-state index contributed by atoms with van der Waals surface area (Å²) in [6.45, 7) is 0.140. The van der Waals surface area contributed by atoms with E-state index in [1.54, 1.807) is 0 Å². The Morgan fingerprint density at radius 3 is 2.78 bits per heavy atom. The summed E-state index contributed by atoms with van der Waals surface area (Å²) in [5.74, 6) is -3.09. The molecule has 18 heavy (non-hydrogen) atoms. The molecule has 0 saturated heterocycles. The van der Waals surface area contributed by atoms with Gasteiger partial charge in [0.2, 0.25) is 5.92 Å². The highest BCUT2D eigenvalue weighted by molar-refractivity contribution is 9.10. The Hall–Kier alpha value is -0.910. The Bertz CT molecular complexity index is 453. The molecule has 1 aromatic rings. The summed E-state index contributed by atoms with van der Waals surface area (Å²) in [4.78, 5) is 0. The first-order valence-corrected chi connectivity index (χ1v) is 6.42. The Kier molecular flexibility index (Phi) is 3.75. The molecule has 0 bridgehead atoms. The third-order valence-corrected chi connectivity index (χ3v) is 3.64. The average molecular weight is 324 g/mol. The first-order valence-electron chi connectivity index (χ1n) is 5.62. The molecule has 0 aliphatic heterocycles. The standard InChI is InChI=1S/C12H13BrF3NO/c13-8-3-10(17)11(4-9(8)14)18-6-7-1-2-12(15,16)5-7/h3-4,7H,1-2,5-6,17H2. The SMILES string of the molecule is Nc1cc(Br)c(F)cc1OCC1CCC(F)(F)C1. The molecule has 1 unspecified atom stereocenters. The number of alkyl halides is 2. The van der Waals surface area contributed by atoms with Crippen LogP contribution < -0.4 is 10.5 Å². The van der Waals surface area contributed by atoms with E-state index in [1.807, 2.05) is 0 Å². The predicted octanol–water partition coefficient (Wildman–Crippen LogP) is 3.98. The highest BCUT2D eigenvalue weighted by Gasteiger charge is 2.39. The molecule has 0 amide bonds. The van der Waals surface area contributed by atoms with Crippen LogP contribution in [-0.4, -0.2) is 12.5 Å². The van der Waals surface area contributed by atoms with Gasteiger partial charge in [-0.05, 0) is 34.3 Å². The van der Waals surface area contributed by atoms with Gasteiger partial charge in [-0.2, -0.15) is 0 Å². The van der Waals surface area contributed by atoms with Crippen molar-refractivity contribution in [2.45, 2.75) is 25.2 Å². The minimum Gasteiger partial charge on any atom is -0.491 e. The number of benzene rings is 1. The predicted molar refractivity (Wildman–Crippen MR) is 66.3 cm³/mol. The average Bonchev–Trinajstić information content (AvgIpc) is 2.62. The summed E-state index contributed by atoms with van der Waals surface area (Å²) < 4.78 is 44.8. The smallest absolute Gasteiger partial charge is 0.248 e. The summed E-state index contributed by atoms with van der Waals surface area (Å²) in [6.07, 6.45) is 0.142. The number of rotatable bonds is 3. The maximum atomic E-state index is 13.3. The number of ether oxygens (including phenoxy) is 1. The lowest BCUT2D eigenvalue weighted by Crippen LogP contribution is -2.14. The fourth-order valence-electron chi connectivity index (χ4n) is 2.06. The summed E-state index contributed by atoms with van der Waals surface area (Å²) in [6, 6.07) is 2.56. The zero-order valence-electron chi connectivity index (χ0n) is 9.56. The third-order valence-electron chi connectivity index (χ3n) is 3.03. The molecule has 6 heteroatoms. The van der Waals surface area contributed by atoms with E-state index in [2.05, 4.69) is 15.9 Å². The van der Waals surface area contributed by atoms with Crippen LogP contribution in [0.25, 0.3) is 0 Å². The number of nitrogens with two attached hydrogens (primary N) is 1. The van der Waals surface area contributed by atoms with E-state index in [-0.39, 0.29) is 41.3 Å². The van der Waals surface area contributed by atoms with Gasteiger partial charge in [-0.25, -0.2) is 13.2 Å². The summed E-state index contributed by atoms with van der Waals surface area (Å²) >= 11 is 3.00. The lowest BCUT2D eigenvalue weighted by molar-refractivity contribution is 0.00293. The largest absolute Gasteiger partial charge is 0.491 e. The zero-order chi connectivity index (χ0) is 13.3. The molecule has 1 aromatic carbocycles. The topological polar surface area (TPSA) is 35.2 Å². The van der Waals surface area contributed by atoms with Crippen LogP contribution >= 0.6 is 15.9 Å². The van der Waals surface area contributed by atoms with Crippen molar-refractivity contribution in [3.05, 3.63) is 22.4 Å². The molecule has 1 saturated carbocycles. The van der Waals surface area contributed by atoms with Crippen LogP contribution in [0.4, 0.5) is 18.9 Å². The van der Waals surface area contributed by atoms with Gasteiger partial charge in [0.25, 0.3) is 0 Å². The summed E-state index contributed by atoms with van der Waals surface area (Å²) in [7, 11) is 0. The lowest BCUT2D eigenvalue weighted by atomic mass is 10.1. The molecule has 0 spiro atoms. The van der Waals surface area contributed by atoms with Crippen LogP contribution in [0.2, 0.25) is 0 Å². The normalized spacial score (nSPS) is 22.1. The van der Waals surface area contributed by atoms with Crippen molar-refractivity contribution in [2.75, 3.05) is 12.3 Å². The number of hydrogen-bond acceptors (Lipinski definition) is 2. The van der Waals surface area contributed by atoms with Crippen LogP contribution in [-0.2, 0) is 0 Å². The maximum Gasteiger partial charge on any atom is 0.248 e. The molecule has 1 aliphatic rings. The van der Waals surface area contributed by atoms with E-state index in [0.717, 1.165) is 6.07 Å². The number of hydrogen-bond donors (Lipinski definition) is 1. The third kappa shape index (κ3) is 3.10. The second-order valence-corrected chi connectivity index (χ2v) is 5.43. The van der Waals surface area contributed by atoms with Gasteiger partial charge in [0.15, 0.2) is 0 Å². The Morgan fingerprint density at radius 1 is 1.44 bits per heavy atom. The molecule has 1 aliphatic carbocycles. The minimum atomic E-state index is -2.59. The highest BCUT2D eigenvalue weighted by atomic mass is 79.9. The van der Waals surface area contributed by atoms with Gasteiger partial charge in [-0.3, -0.25) is 0 Å². The van der Waals surface area contributed by atoms with Crippen molar-refractivity contribution in [2.24, 2.45) is 5.92 Å². The van der Waals surface area contributed by atoms with Crippen molar-refractivity contribution in [3.63, 3.8) is 0 Å². The van der Waals surface area contributed by atoms with Crippen molar-refractivity contribution in [1.29, 1.82) is 0 Å². The fraction of sp³-hybridized carbons (Fsp3) is 0.500. The van der Waals surface area contributed by atoms with Crippen molar-refractivity contribution in [3.8, 4) is 5.75 Å². The molecule has 0 heterocycles. The van der Waals surface area contributed by atoms with Gasteiger partial charge in [0, 0.05) is 18.9 Å². The minimum absolute atomic E-state index is 0.106. The second-order valence-electron chi connectivity index (χ2n) is 4.58. The van der Waals surface area contributed by atoms with Gasteiger partial charge in [0.05, 0.1) is 16.8 Å². The van der Waals surface area contributed by atoms with E-state index in [4.69, 9.17) is 10.5 Å². The molecular formula is C12H13BrF3NO. The molecule has 100 valence electrons. The first kappa shape index (κ1) is 13.5. The molecule has 0 radical (unpaired) electrons. The second kappa shape index (κ2) is 4.99. The Labute approximate surface area is 111 Å². The van der Waals surface area contributed by atoms with E-state index in [1.165, 1.54) is 6.07 Å². The molecular weight excluding hydrogens is 311 g/mol. The quantitative estimate of drug-likeness (QED) is 0.854. The monoisotopic (exact) mass is 323 g/mol. The van der Waals surface area contributed by atoms with Gasteiger partial charge in [-0.15, -0.1) is 0 Å². The lowest BCUT2D eigenvalue weighted by Gasteiger charge is -2.14. The molecule has 0 aromatic heterocycles. The van der Waals surface area contributed by atoms with E-state index in [9.17, 15) is 13.2 Å². The van der Waals surface area contributed by atoms with E-state index < -0.39 is 11.7 Å². The Balaban J connectivity index is 1.97. The van der Waals surface area contributed by atoms with E-state index in [0.29, 0.717) is 6.42 Å². The zero-order valence-corrected chi connectivity index (χ0v) is 11.1. The number of anilines is 1. The fourth-order valence-corrected chi connectivity index (χ4v) is 2.42. The number of nitrogen functional groups attached to an aromatic ring is 1. The van der Waals surface area contributed by atoms with Crippen LogP contribution in [0, 0.1) is 11.7 Å². The molecule has 1 atom stereocenters. The highest BCUT2D eigenvalue weighted by Crippen LogP contribution is 2.39. The molecule has 2 N–H and O–H groups in total. The molecule has 2 rings (SSSR count). The molecule has 1 fully saturated rings. The van der Waals surface area contributed by atoms with E-state index >= 15 is 0 Å². The Morgan fingerprint density at radius 2 is 2.17 bits per heavy atom. The molecule has 2 nitrogen and oxygen atoms in total. The van der Waals surface area contributed by atoms with Crippen molar-refractivity contribution < 1.29 is 17.9 Å². The first-order chi connectivity index (χ1) is 8.37.